The van der Waals surface area contributed by atoms with Gasteiger partial charge >= 0.3 is 0 Å². The van der Waals surface area contributed by atoms with Crippen LogP contribution in [0.15, 0.2) is 0 Å². The third-order valence-corrected chi connectivity index (χ3v) is 2.68. The number of nitrogens with zero attached hydrogens (tertiary/aromatic N) is 3. The summed E-state index contributed by atoms with van der Waals surface area (Å²) >= 11 is 5.83. The Morgan fingerprint density at radius 3 is 2.86 bits per heavy atom. The highest BCUT2D eigenvalue weighted by molar-refractivity contribution is 6.28. The minimum atomic E-state index is 0.442. The molecule has 2 rings (SSSR count). The molecule has 1 aliphatic carbocycles. The molecule has 0 atom stereocenters. The number of ether oxygens (including phenoxy) is 1. The van der Waals surface area contributed by atoms with E-state index in [4.69, 9.17) is 16.3 Å². The Kier molecular flexibility index (Phi) is 3.03. The van der Waals surface area contributed by atoms with Crippen LogP contribution in [0.3, 0.4) is 0 Å². The molecule has 0 bridgehead atoms. The predicted molar refractivity (Wildman–Crippen MR) is 53.3 cm³/mol. The lowest BCUT2D eigenvalue weighted by atomic mass is 10.5. The smallest absolute Gasteiger partial charge is 0.225 e. The summed E-state index contributed by atoms with van der Waals surface area (Å²) in [5.41, 5.74) is 0. The summed E-state index contributed by atoms with van der Waals surface area (Å²) in [4.78, 5) is 0. The van der Waals surface area contributed by atoms with Crippen molar-refractivity contribution in [2.75, 3.05) is 13.2 Å². The van der Waals surface area contributed by atoms with E-state index in [1.165, 1.54) is 12.8 Å². The number of aromatic nitrogens is 3. The van der Waals surface area contributed by atoms with Gasteiger partial charge in [-0.1, -0.05) is 0 Å². The lowest BCUT2D eigenvalue weighted by Crippen LogP contribution is -2.09. The van der Waals surface area contributed by atoms with Gasteiger partial charge in [-0.15, -0.1) is 10.2 Å². The fourth-order valence-corrected chi connectivity index (χ4v) is 1.54. The molecule has 0 N–H and O–H groups in total. The lowest BCUT2D eigenvalue weighted by molar-refractivity contribution is 0.116. The Morgan fingerprint density at radius 2 is 2.29 bits per heavy atom. The molecule has 0 unspecified atom stereocenters. The molecule has 0 amide bonds. The van der Waals surface area contributed by atoms with Gasteiger partial charge in [0, 0.05) is 6.61 Å². The summed E-state index contributed by atoms with van der Waals surface area (Å²) in [7, 11) is 0. The number of aryl methyl sites for hydroxylation is 1. The van der Waals surface area contributed by atoms with Crippen LogP contribution in [0.5, 0.6) is 0 Å². The molecule has 0 radical (unpaired) electrons. The summed E-state index contributed by atoms with van der Waals surface area (Å²) < 4.78 is 7.36. The molecular formula is C9H14ClN3O. The van der Waals surface area contributed by atoms with E-state index < -0.39 is 0 Å². The van der Waals surface area contributed by atoms with Crippen LogP contribution in [0.4, 0.5) is 0 Å². The van der Waals surface area contributed by atoms with Crippen LogP contribution in [0.25, 0.3) is 0 Å². The molecule has 1 heterocycles. The molecule has 1 aromatic heterocycles. The summed E-state index contributed by atoms with van der Waals surface area (Å²) in [6.45, 7) is 4.21. The average molecular weight is 216 g/mol. The Bertz CT molecular complexity index is 290. The van der Waals surface area contributed by atoms with Crippen molar-refractivity contribution in [3.8, 4) is 0 Å². The van der Waals surface area contributed by atoms with E-state index in [1.807, 2.05) is 11.5 Å². The largest absolute Gasteiger partial charge is 0.379 e. The Labute approximate surface area is 88.2 Å². The van der Waals surface area contributed by atoms with Crippen molar-refractivity contribution < 1.29 is 4.74 Å². The molecular weight excluding hydrogens is 202 g/mol. The van der Waals surface area contributed by atoms with Gasteiger partial charge in [0.1, 0.15) is 5.82 Å². The van der Waals surface area contributed by atoms with Gasteiger partial charge in [0.05, 0.1) is 13.2 Å². The SMILES string of the molecule is Cc1nnc(Cl)n1CCOCC1CC1. The first-order chi connectivity index (χ1) is 6.77. The molecule has 0 saturated heterocycles. The second-order valence-corrected chi connectivity index (χ2v) is 4.02. The fraction of sp³-hybridized carbons (Fsp3) is 0.778. The van der Waals surface area contributed by atoms with Gasteiger partial charge in [-0.05, 0) is 37.3 Å². The first-order valence-electron chi connectivity index (χ1n) is 4.90. The highest BCUT2D eigenvalue weighted by atomic mass is 35.5. The minimum absolute atomic E-state index is 0.442. The highest BCUT2D eigenvalue weighted by Crippen LogP contribution is 2.28. The van der Waals surface area contributed by atoms with Crippen LogP contribution in [-0.4, -0.2) is 28.0 Å². The Morgan fingerprint density at radius 1 is 1.50 bits per heavy atom. The van der Waals surface area contributed by atoms with Crippen molar-refractivity contribution in [2.24, 2.45) is 5.92 Å². The number of halogens is 1. The third-order valence-electron chi connectivity index (χ3n) is 2.40. The second-order valence-electron chi connectivity index (χ2n) is 3.69. The lowest BCUT2D eigenvalue weighted by Gasteiger charge is -2.05. The highest BCUT2D eigenvalue weighted by Gasteiger charge is 2.20. The maximum absolute atomic E-state index is 5.83. The van der Waals surface area contributed by atoms with Gasteiger partial charge in [0.25, 0.3) is 0 Å². The minimum Gasteiger partial charge on any atom is -0.379 e. The van der Waals surface area contributed by atoms with Crippen molar-refractivity contribution in [2.45, 2.75) is 26.3 Å². The summed E-state index contributed by atoms with van der Waals surface area (Å²) in [5, 5.41) is 8.08. The van der Waals surface area contributed by atoms with E-state index in [2.05, 4.69) is 10.2 Å². The van der Waals surface area contributed by atoms with Crippen LogP contribution in [0.2, 0.25) is 5.28 Å². The van der Waals surface area contributed by atoms with Crippen LogP contribution in [0.1, 0.15) is 18.7 Å². The number of hydrogen-bond acceptors (Lipinski definition) is 3. The van der Waals surface area contributed by atoms with Gasteiger partial charge in [0.15, 0.2) is 0 Å². The maximum Gasteiger partial charge on any atom is 0.225 e. The summed E-state index contributed by atoms with van der Waals surface area (Å²) in [5.74, 6) is 1.65. The molecule has 4 nitrogen and oxygen atoms in total. The topological polar surface area (TPSA) is 39.9 Å². The first-order valence-corrected chi connectivity index (χ1v) is 5.28. The van der Waals surface area contributed by atoms with Crippen molar-refractivity contribution in [3.63, 3.8) is 0 Å². The quantitative estimate of drug-likeness (QED) is 0.702. The zero-order valence-electron chi connectivity index (χ0n) is 8.24. The summed E-state index contributed by atoms with van der Waals surface area (Å²) in [6.07, 6.45) is 2.65. The van der Waals surface area contributed by atoms with Crippen LogP contribution < -0.4 is 0 Å². The van der Waals surface area contributed by atoms with E-state index in [-0.39, 0.29) is 0 Å². The van der Waals surface area contributed by atoms with Gasteiger partial charge in [0.2, 0.25) is 5.28 Å². The first kappa shape index (κ1) is 9.93. The van der Waals surface area contributed by atoms with Crippen molar-refractivity contribution in [1.29, 1.82) is 0 Å². The van der Waals surface area contributed by atoms with Crippen LogP contribution >= 0.6 is 11.6 Å². The van der Waals surface area contributed by atoms with Gasteiger partial charge in [-0.3, -0.25) is 4.57 Å². The monoisotopic (exact) mass is 215 g/mol. The van der Waals surface area contributed by atoms with E-state index in [1.54, 1.807) is 0 Å². The molecule has 1 aromatic rings. The average Bonchev–Trinajstić information content (AvgIpc) is 2.93. The second kappa shape index (κ2) is 4.28. The molecule has 1 saturated carbocycles. The molecule has 0 spiro atoms. The van der Waals surface area contributed by atoms with E-state index >= 15 is 0 Å². The van der Waals surface area contributed by atoms with Crippen LogP contribution in [-0.2, 0) is 11.3 Å². The van der Waals surface area contributed by atoms with Crippen molar-refractivity contribution >= 4 is 11.6 Å². The molecule has 1 aliphatic rings. The zero-order chi connectivity index (χ0) is 9.97. The normalized spacial score (nSPS) is 16.1. The number of hydrogen-bond donors (Lipinski definition) is 0. The molecule has 5 heteroatoms. The predicted octanol–water partition coefficient (Wildman–Crippen LogP) is 1.67. The molecule has 14 heavy (non-hydrogen) atoms. The number of rotatable bonds is 5. The Hall–Kier alpha value is -0.610. The van der Waals surface area contributed by atoms with E-state index in [9.17, 15) is 0 Å². The molecule has 78 valence electrons. The van der Waals surface area contributed by atoms with Gasteiger partial charge in [-0.25, -0.2) is 0 Å². The van der Waals surface area contributed by atoms with Crippen molar-refractivity contribution in [3.05, 3.63) is 11.1 Å². The van der Waals surface area contributed by atoms with Gasteiger partial charge in [-0.2, -0.15) is 0 Å². The third kappa shape index (κ3) is 2.45. The molecule has 0 aromatic carbocycles. The van der Waals surface area contributed by atoms with Gasteiger partial charge < -0.3 is 4.74 Å². The van der Waals surface area contributed by atoms with Crippen molar-refractivity contribution in [1.82, 2.24) is 14.8 Å². The fourth-order valence-electron chi connectivity index (χ4n) is 1.30. The zero-order valence-corrected chi connectivity index (χ0v) is 9.00. The van der Waals surface area contributed by atoms with E-state index in [0.29, 0.717) is 11.9 Å². The summed E-state index contributed by atoms with van der Waals surface area (Å²) in [6, 6.07) is 0. The van der Waals surface area contributed by atoms with Crippen LogP contribution in [0, 0.1) is 12.8 Å². The molecule has 1 fully saturated rings. The maximum atomic E-state index is 5.83. The Balaban J connectivity index is 1.73. The standard InChI is InChI=1S/C9H14ClN3O/c1-7-11-12-9(10)13(7)4-5-14-6-8-2-3-8/h8H,2-6H2,1H3. The molecule has 0 aliphatic heterocycles. The van der Waals surface area contributed by atoms with E-state index in [0.717, 1.165) is 24.9 Å².